The van der Waals surface area contributed by atoms with Crippen LogP contribution in [0.25, 0.3) is 0 Å². The van der Waals surface area contributed by atoms with E-state index in [1.165, 1.54) is 244 Å². The highest BCUT2D eigenvalue weighted by atomic mass is 16.5. The summed E-state index contributed by atoms with van der Waals surface area (Å²) in [5.74, 6) is -0.0415. The fraction of sp³-hybridized carbons (Fsp3) is 0.873. The Morgan fingerprint density at radius 1 is 0.406 bits per heavy atom. The van der Waals surface area contributed by atoms with Gasteiger partial charge in [0, 0.05) is 12.8 Å². The first kappa shape index (κ1) is 67.1. The lowest BCUT2D eigenvalue weighted by Gasteiger charge is -2.22. The maximum atomic E-state index is 12.5. The molecule has 0 radical (unpaired) electrons. The molecular weight excluding hydrogens is 851 g/mol. The van der Waals surface area contributed by atoms with Gasteiger partial charge >= 0.3 is 5.97 Å². The molecule has 6 heteroatoms. The van der Waals surface area contributed by atoms with Crippen LogP contribution in [0.4, 0.5) is 0 Å². The van der Waals surface area contributed by atoms with Crippen molar-refractivity contribution >= 4 is 11.9 Å². The highest BCUT2D eigenvalue weighted by Gasteiger charge is 2.20. The molecule has 2 atom stereocenters. The highest BCUT2D eigenvalue weighted by molar-refractivity contribution is 5.76. The van der Waals surface area contributed by atoms with E-state index in [9.17, 15) is 19.8 Å². The molecule has 0 saturated carbocycles. The van der Waals surface area contributed by atoms with E-state index in [-0.39, 0.29) is 18.5 Å². The molecule has 0 bridgehead atoms. The average Bonchev–Trinajstić information content (AvgIpc) is 3.35. The van der Waals surface area contributed by atoms with Gasteiger partial charge in [-0.1, -0.05) is 269 Å². The standard InChI is InChI=1S/C63H119NO5/c1-3-5-7-9-11-13-15-17-19-25-29-33-37-41-45-49-53-57-63(68)69-58-54-50-46-42-38-34-30-27-24-22-20-21-23-26-28-32-36-40-44-48-52-56-62(67)64-60(59-65)61(66)55-51-47-43-39-35-31-18-16-14-12-10-8-6-4-2/h11,13,17,19,21,23,60-61,65-66H,3-10,12,14-16,18,20,22,24-59H2,1-2H3,(H,64,67)/b13-11-,19-17-,23-21-. The third kappa shape index (κ3) is 55.2. The van der Waals surface area contributed by atoms with Crippen LogP contribution in [0.1, 0.15) is 328 Å². The minimum atomic E-state index is -0.669. The number of rotatable bonds is 57. The topological polar surface area (TPSA) is 95.9 Å². The summed E-state index contributed by atoms with van der Waals surface area (Å²) in [6.07, 6.45) is 72.9. The molecule has 0 spiro atoms. The van der Waals surface area contributed by atoms with Gasteiger partial charge in [-0.15, -0.1) is 0 Å². The van der Waals surface area contributed by atoms with Crippen LogP contribution in [0.15, 0.2) is 36.5 Å². The molecule has 406 valence electrons. The Kier molecular flexibility index (Phi) is 57.0. The Hall–Kier alpha value is -1.92. The van der Waals surface area contributed by atoms with Gasteiger partial charge in [-0.05, 0) is 83.5 Å². The van der Waals surface area contributed by atoms with E-state index in [2.05, 4.69) is 55.6 Å². The van der Waals surface area contributed by atoms with Gasteiger partial charge in [-0.2, -0.15) is 0 Å². The molecule has 0 aromatic carbocycles. The Morgan fingerprint density at radius 3 is 1.14 bits per heavy atom. The Labute approximate surface area is 430 Å². The number of aliphatic hydroxyl groups is 2. The van der Waals surface area contributed by atoms with Crippen molar-refractivity contribution in [3.63, 3.8) is 0 Å². The quantitative estimate of drug-likeness (QED) is 0.0321. The number of aliphatic hydroxyl groups excluding tert-OH is 2. The molecule has 2 unspecified atom stereocenters. The molecule has 0 aromatic heterocycles. The number of allylic oxidation sites excluding steroid dienone is 6. The number of carbonyl (C=O) groups is 2. The largest absolute Gasteiger partial charge is 0.466 e. The summed E-state index contributed by atoms with van der Waals surface area (Å²) in [5, 5.41) is 23.3. The Morgan fingerprint density at radius 2 is 0.725 bits per heavy atom. The van der Waals surface area contributed by atoms with Gasteiger partial charge in [0.2, 0.25) is 5.91 Å². The molecule has 0 heterocycles. The molecule has 0 aliphatic heterocycles. The Bertz CT molecular complexity index is 1120. The molecule has 0 rings (SSSR count). The molecule has 6 nitrogen and oxygen atoms in total. The number of unbranched alkanes of at least 4 members (excludes halogenated alkanes) is 40. The number of esters is 1. The summed E-state index contributed by atoms with van der Waals surface area (Å²) >= 11 is 0. The number of hydrogen-bond acceptors (Lipinski definition) is 5. The number of ether oxygens (including phenoxy) is 1. The van der Waals surface area contributed by atoms with Crippen LogP contribution in [0, 0.1) is 0 Å². The fourth-order valence-corrected chi connectivity index (χ4v) is 9.43. The first-order valence-electron chi connectivity index (χ1n) is 30.7. The molecular formula is C63H119NO5. The van der Waals surface area contributed by atoms with Crippen LogP contribution in [-0.4, -0.2) is 47.4 Å². The minimum Gasteiger partial charge on any atom is -0.466 e. The van der Waals surface area contributed by atoms with Crippen LogP contribution in [0.3, 0.4) is 0 Å². The lowest BCUT2D eigenvalue weighted by molar-refractivity contribution is -0.143. The molecule has 69 heavy (non-hydrogen) atoms. The van der Waals surface area contributed by atoms with Crippen molar-refractivity contribution in [2.24, 2.45) is 0 Å². The SMILES string of the molecule is CCCCC/C=C\C/C=C\CCCCCCCCCC(=O)OCCCCCCCCCCCC/C=C\CCCCCCCCCC(=O)NC(CO)C(O)CCCCCCCCCCCCCCCC. The molecule has 0 saturated heterocycles. The first-order valence-corrected chi connectivity index (χ1v) is 30.7. The zero-order valence-electron chi connectivity index (χ0n) is 46.3. The molecule has 0 aromatic rings. The predicted molar refractivity (Wildman–Crippen MR) is 301 cm³/mol. The van der Waals surface area contributed by atoms with E-state index < -0.39 is 12.1 Å². The molecule has 0 aliphatic rings. The maximum absolute atomic E-state index is 12.5. The number of hydrogen-bond donors (Lipinski definition) is 3. The number of nitrogens with one attached hydrogen (secondary N) is 1. The van der Waals surface area contributed by atoms with Crippen molar-refractivity contribution in [1.29, 1.82) is 0 Å². The lowest BCUT2D eigenvalue weighted by Crippen LogP contribution is -2.45. The summed E-state index contributed by atoms with van der Waals surface area (Å²) in [4.78, 5) is 24.5. The summed E-state index contributed by atoms with van der Waals surface area (Å²) in [6.45, 7) is 4.93. The zero-order chi connectivity index (χ0) is 50.0. The predicted octanol–water partition coefficient (Wildman–Crippen LogP) is 19.2. The summed E-state index contributed by atoms with van der Waals surface area (Å²) in [6, 6.07) is -0.547. The van der Waals surface area contributed by atoms with Crippen LogP contribution < -0.4 is 5.32 Å². The molecule has 1 amide bonds. The van der Waals surface area contributed by atoms with Crippen LogP contribution in [0.2, 0.25) is 0 Å². The first-order chi connectivity index (χ1) is 34.0. The lowest BCUT2D eigenvalue weighted by atomic mass is 10.0. The molecule has 3 N–H and O–H groups in total. The molecule has 0 aliphatic carbocycles. The zero-order valence-corrected chi connectivity index (χ0v) is 46.3. The summed E-state index contributed by atoms with van der Waals surface area (Å²) in [7, 11) is 0. The van der Waals surface area contributed by atoms with E-state index in [1.807, 2.05) is 0 Å². The third-order valence-electron chi connectivity index (χ3n) is 14.2. The van der Waals surface area contributed by atoms with Gasteiger partial charge in [-0.25, -0.2) is 0 Å². The second-order valence-electron chi connectivity index (χ2n) is 21.0. The van der Waals surface area contributed by atoms with E-state index in [1.54, 1.807) is 0 Å². The smallest absolute Gasteiger partial charge is 0.305 e. The van der Waals surface area contributed by atoms with Crippen LogP contribution in [0.5, 0.6) is 0 Å². The number of carbonyl (C=O) groups excluding carboxylic acids is 2. The average molecular weight is 971 g/mol. The highest BCUT2D eigenvalue weighted by Crippen LogP contribution is 2.17. The van der Waals surface area contributed by atoms with E-state index in [4.69, 9.17) is 4.74 Å². The van der Waals surface area contributed by atoms with E-state index in [0.717, 1.165) is 51.4 Å². The summed E-state index contributed by atoms with van der Waals surface area (Å²) < 4.78 is 5.48. The van der Waals surface area contributed by atoms with Gasteiger partial charge in [0.1, 0.15) is 0 Å². The van der Waals surface area contributed by atoms with Gasteiger partial charge in [0.05, 0.1) is 25.4 Å². The van der Waals surface area contributed by atoms with Crippen molar-refractivity contribution < 1.29 is 24.5 Å². The van der Waals surface area contributed by atoms with Crippen molar-refractivity contribution in [1.82, 2.24) is 5.32 Å². The van der Waals surface area contributed by atoms with Gasteiger partial charge in [-0.3, -0.25) is 9.59 Å². The van der Waals surface area contributed by atoms with Crippen molar-refractivity contribution in [2.75, 3.05) is 13.2 Å². The number of amides is 1. The third-order valence-corrected chi connectivity index (χ3v) is 14.2. The van der Waals surface area contributed by atoms with Crippen LogP contribution >= 0.6 is 0 Å². The maximum Gasteiger partial charge on any atom is 0.305 e. The normalized spacial score (nSPS) is 12.8. The minimum absolute atomic E-state index is 0.000515. The van der Waals surface area contributed by atoms with E-state index >= 15 is 0 Å². The second-order valence-corrected chi connectivity index (χ2v) is 21.0. The van der Waals surface area contributed by atoms with Crippen molar-refractivity contribution in [3.05, 3.63) is 36.5 Å². The van der Waals surface area contributed by atoms with Gasteiger partial charge in [0.25, 0.3) is 0 Å². The summed E-state index contributed by atoms with van der Waals surface area (Å²) in [5.41, 5.74) is 0. The second kappa shape index (κ2) is 58.6. The van der Waals surface area contributed by atoms with Crippen molar-refractivity contribution in [2.45, 2.75) is 341 Å². The fourth-order valence-electron chi connectivity index (χ4n) is 9.43. The Balaban J connectivity index is 3.42. The van der Waals surface area contributed by atoms with E-state index in [0.29, 0.717) is 25.9 Å². The molecule has 0 fully saturated rings. The van der Waals surface area contributed by atoms with Gasteiger partial charge < -0.3 is 20.3 Å². The van der Waals surface area contributed by atoms with Crippen LogP contribution in [-0.2, 0) is 14.3 Å². The monoisotopic (exact) mass is 970 g/mol. The van der Waals surface area contributed by atoms with Gasteiger partial charge in [0.15, 0.2) is 0 Å². The van der Waals surface area contributed by atoms with Crippen molar-refractivity contribution in [3.8, 4) is 0 Å².